The van der Waals surface area contributed by atoms with Crippen molar-refractivity contribution in [3.63, 3.8) is 0 Å². The first-order valence-corrected chi connectivity index (χ1v) is 8.49. The van der Waals surface area contributed by atoms with Gasteiger partial charge in [-0.05, 0) is 30.2 Å². The van der Waals surface area contributed by atoms with Gasteiger partial charge in [0.1, 0.15) is 0 Å². The lowest BCUT2D eigenvalue weighted by molar-refractivity contribution is 0.206. The molecule has 2 aromatic rings. The number of methoxy groups -OCH3 is 2. The first-order chi connectivity index (χ1) is 12.6. The molecule has 140 valence electrons. The van der Waals surface area contributed by atoms with Crippen molar-refractivity contribution in [2.24, 2.45) is 0 Å². The molecule has 0 aliphatic heterocycles. The van der Waals surface area contributed by atoms with Gasteiger partial charge in [0.05, 0.1) is 20.8 Å². The molecule has 0 fully saturated rings. The molecular formula is C20H26N2O4. The van der Waals surface area contributed by atoms with E-state index in [1.54, 1.807) is 26.2 Å². The Hall–Kier alpha value is -2.89. The molecule has 6 nitrogen and oxygen atoms in total. The highest BCUT2D eigenvalue weighted by molar-refractivity contribution is 5.74. The highest BCUT2D eigenvalue weighted by Gasteiger charge is 2.15. The zero-order chi connectivity index (χ0) is 18.9. The fourth-order valence-corrected chi connectivity index (χ4v) is 2.56. The Labute approximate surface area is 154 Å². The molecule has 0 heterocycles. The maximum Gasteiger partial charge on any atom is 0.317 e. The van der Waals surface area contributed by atoms with Gasteiger partial charge >= 0.3 is 6.03 Å². The number of hydrogen-bond acceptors (Lipinski definition) is 4. The summed E-state index contributed by atoms with van der Waals surface area (Å²) in [5, 5.41) is 2.91. The first-order valence-electron chi connectivity index (χ1n) is 8.49. The minimum atomic E-state index is -0.152. The van der Waals surface area contributed by atoms with Crippen LogP contribution in [0.5, 0.6) is 17.2 Å². The Morgan fingerprint density at radius 1 is 1.04 bits per heavy atom. The van der Waals surface area contributed by atoms with Crippen molar-refractivity contribution in [1.29, 1.82) is 0 Å². The lowest BCUT2D eigenvalue weighted by atomic mass is 10.1. The SMILES string of the molecule is CCOc1c(OC)cc(CNC(=O)N(C)Cc2ccccc2)cc1OC. The normalized spacial score (nSPS) is 10.2. The summed E-state index contributed by atoms with van der Waals surface area (Å²) in [6.45, 7) is 3.31. The van der Waals surface area contributed by atoms with Gasteiger partial charge in [0.25, 0.3) is 0 Å². The maximum absolute atomic E-state index is 12.3. The largest absolute Gasteiger partial charge is 0.493 e. The zero-order valence-corrected chi connectivity index (χ0v) is 15.7. The molecule has 6 heteroatoms. The average Bonchev–Trinajstić information content (AvgIpc) is 2.67. The summed E-state index contributed by atoms with van der Waals surface area (Å²) in [6.07, 6.45) is 0. The van der Waals surface area contributed by atoms with Crippen molar-refractivity contribution >= 4 is 6.03 Å². The van der Waals surface area contributed by atoms with E-state index in [-0.39, 0.29) is 6.03 Å². The van der Waals surface area contributed by atoms with Crippen molar-refractivity contribution in [1.82, 2.24) is 10.2 Å². The van der Waals surface area contributed by atoms with E-state index in [2.05, 4.69) is 5.32 Å². The van der Waals surface area contributed by atoms with Gasteiger partial charge in [0.15, 0.2) is 11.5 Å². The summed E-state index contributed by atoms with van der Waals surface area (Å²) in [5.74, 6) is 1.72. The van der Waals surface area contributed by atoms with Crippen molar-refractivity contribution in [3.8, 4) is 17.2 Å². The summed E-state index contributed by atoms with van der Waals surface area (Å²) in [6, 6.07) is 13.4. The summed E-state index contributed by atoms with van der Waals surface area (Å²) in [7, 11) is 4.92. The Balaban J connectivity index is 2.02. The number of nitrogens with zero attached hydrogens (tertiary/aromatic N) is 1. The maximum atomic E-state index is 12.3. The summed E-state index contributed by atoms with van der Waals surface area (Å²) in [4.78, 5) is 14.0. The molecule has 0 radical (unpaired) electrons. The minimum Gasteiger partial charge on any atom is -0.493 e. The molecule has 0 aliphatic rings. The molecule has 0 unspecified atom stereocenters. The van der Waals surface area contributed by atoms with Crippen LogP contribution in [0.4, 0.5) is 4.79 Å². The second-order valence-corrected chi connectivity index (χ2v) is 5.76. The number of amides is 2. The van der Waals surface area contributed by atoms with Crippen LogP contribution in [-0.2, 0) is 13.1 Å². The average molecular weight is 358 g/mol. The van der Waals surface area contributed by atoms with Gasteiger partial charge in [0, 0.05) is 20.1 Å². The standard InChI is InChI=1S/C20H26N2O4/c1-5-26-19-17(24-3)11-16(12-18(19)25-4)13-21-20(23)22(2)14-15-9-7-6-8-10-15/h6-12H,5,13-14H2,1-4H3,(H,21,23). The van der Waals surface area contributed by atoms with Crippen molar-refractivity contribution < 1.29 is 19.0 Å². The van der Waals surface area contributed by atoms with E-state index >= 15 is 0 Å². The van der Waals surface area contributed by atoms with E-state index in [9.17, 15) is 4.79 Å². The molecular weight excluding hydrogens is 332 g/mol. The summed E-state index contributed by atoms with van der Waals surface area (Å²) < 4.78 is 16.4. The Bertz CT molecular complexity index is 694. The van der Waals surface area contributed by atoms with E-state index in [0.29, 0.717) is 36.9 Å². The molecule has 0 aromatic heterocycles. The number of carbonyl (C=O) groups is 1. The van der Waals surface area contributed by atoms with E-state index in [1.807, 2.05) is 49.4 Å². The first kappa shape index (κ1) is 19.4. The van der Waals surface area contributed by atoms with Gasteiger partial charge in [-0.1, -0.05) is 30.3 Å². The van der Waals surface area contributed by atoms with Crippen molar-refractivity contribution in [2.45, 2.75) is 20.0 Å². The predicted octanol–water partition coefficient (Wildman–Crippen LogP) is 3.44. The Morgan fingerprint density at radius 2 is 1.65 bits per heavy atom. The molecule has 2 amide bonds. The number of carbonyl (C=O) groups excluding carboxylic acids is 1. The fourth-order valence-electron chi connectivity index (χ4n) is 2.56. The van der Waals surface area contributed by atoms with Gasteiger partial charge < -0.3 is 24.4 Å². The van der Waals surface area contributed by atoms with E-state index in [0.717, 1.165) is 11.1 Å². The van der Waals surface area contributed by atoms with Crippen LogP contribution >= 0.6 is 0 Å². The molecule has 0 spiro atoms. The van der Waals surface area contributed by atoms with Crippen LogP contribution < -0.4 is 19.5 Å². The summed E-state index contributed by atoms with van der Waals surface area (Å²) in [5.41, 5.74) is 1.94. The molecule has 0 bridgehead atoms. The summed E-state index contributed by atoms with van der Waals surface area (Å²) >= 11 is 0. The molecule has 2 aromatic carbocycles. The van der Waals surface area contributed by atoms with Gasteiger partial charge in [-0.2, -0.15) is 0 Å². The molecule has 26 heavy (non-hydrogen) atoms. The number of nitrogens with one attached hydrogen (secondary N) is 1. The van der Waals surface area contributed by atoms with E-state index < -0.39 is 0 Å². The van der Waals surface area contributed by atoms with Crippen LogP contribution in [0.1, 0.15) is 18.1 Å². The third-order valence-electron chi connectivity index (χ3n) is 3.86. The second kappa shape index (κ2) is 9.56. The quantitative estimate of drug-likeness (QED) is 0.785. The number of urea groups is 1. The van der Waals surface area contributed by atoms with Gasteiger partial charge in [0.2, 0.25) is 5.75 Å². The van der Waals surface area contributed by atoms with Crippen LogP contribution in [0.2, 0.25) is 0 Å². The molecule has 0 saturated carbocycles. The number of ether oxygens (including phenoxy) is 3. The lowest BCUT2D eigenvalue weighted by Crippen LogP contribution is -2.36. The highest BCUT2D eigenvalue weighted by atomic mass is 16.5. The molecule has 1 N–H and O–H groups in total. The van der Waals surface area contributed by atoms with Crippen LogP contribution in [0.3, 0.4) is 0 Å². The van der Waals surface area contributed by atoms with Crippen molar-refractivity contribution in [2.75, 3.05) is 27.9 Å². The molecule has 0 aliphatic carbocycles. The second-order valence-electron chi connectivity index (χ2n) is 5.76. The zero-order valence-electron chi connectivity index (χ0n) is 15.7. The molecule has 0 atom stereocenters. The minimum absolute atomic E-state index is 0.152. The number of hydrogen-bond donors (Lipinski definition) is 1. The third-order valence-corrected chi connectivity index (χ3v) is 3.86. The predicted molar refractivity (Wildman–Crippen MR) is 101 cm³/mol. The van der Waals surface area contributed by atoms with E-state index in [4.69, 9.17) is 14.2 Å². The monoisotopic (exact) mass is 358 g/mol. The van der Waals surface area contributed by atoms with Crippen LogP contribution in [0.15, 0.2) is 42.5 Å². The van der Waals surface area contributed by atoms with E-state index in [1.165, 1.54) is 0 Å². The van der Waals surface area contributed by atoms with Gasteiger partial charge in [-0.25, -0.2) is 4.79 Å². The Kier molecular flexibility index (Phi) is 7.14. The molecule has 0 saturated heterocycles. The van der Waals surface area contributed by atoms with Crippen LogP contribution in [0.25, 0.3) is 0 Å². The topological polar surface area (TPSA) is 60.0 Å². The van der Waals surface area contributed by atoms with Gasteiger partial charge in [-0.15, -0.1) is 0 Å². The van der Waals surface area contributed by atoms with Crippen LogP contribution in [-0.4, -0.2) is 38.8 Å². The molecule has 2 rings (SSSR count). The smallest absolute Gasteiger partial charge is 0.317 e. The number of benzene rings is 2. The highest BCUT2D eigenvalue weighted by Crippen LogP contribution is 2.38. The fraction of sp³-hybridized carbons (Fsp3) is 0.350. The van der Waals surface area contributed by atoms with Crippen LogP contribution in [0, 0.1) is 0 Å². The number of rotatable bonds is 8. The van der Waals surface area contributed by atoms with Crippen molar-refractivity contribution in [3.05, 3.63) is 53.6 Å². The van der Waals surface area contributed by atoms with Gasteiger partial charge in [-0.3, -0.25) is 0 Å². The lowest BCUT2D eigenvalue weighted by Gasteiger charge is -2.19. The third kappa shape index (κ3) is 5.05. The Morgan fingerprint density at radius 3 is 2.19 bits per heavy atom.